The van der Waals surface area contributed by atoms with E-state index in [9.17, 15) is 19.2 Å². The molecule has 0 bridgehead atoms. The van der Waals surface area contributed by atoms with Gasteiger partial charge in [0, 0.05) is 0 Å². The molecule has 116 valence electrons. The van der Waals surface area contributed by atoms with Crippen molar-refractivity contribution in [1.29, 1.82) is 11.1 Å². The van der Waals surface area contributed by atoms with Crippen LogP contribution in [0.25, 0.3) is 0 Å². The highest BCUT2D eigenvalue weighted by molar-refractivity contribution is 6.21. The van der Waals surface area contributed by atoms with Gasteiger partial charge in [-0.1, -0.05) is 0 Å². The lowest BCUT2D eigenvalue weighted by molar-refractivity contribution is -0.154. The summed E-state index contributed by atoms with van der Waals surface area (Å²) in [7, 11) is 0. The summed E-state index contributed by atoms with van der Waals surface area (Å²) in [5.74, 6) is -3.12. The smallest absolute Gasteiger partial charge is 0.418 e. The molecular weight excluding hydrogens is 300 g/mol. The standard InChI is InChI=1S/C10H10N6O6/c11-13-1-7(17)21-3-5-9(19)16-6(10(20)15-5)4-22-8(18)2-14-12/h1-2,5-6,11-12H,3-4H2/p+2. The number of rotatable bonds is 6. The highest BCUT2D eigenvalue weighted by Gasteiger charge is 2.35. The predicted octanol–water partition coefficient (Wildman–Crippen LogP) is -3.32. The molecule has 2 amide bonds. The molecule has 22 heavy (non-hydrogen) atoms. The summed E-state index contributed by atoms with van der Waals surface area (Å²) in [5, 5.41) is 4.58. The van der Waals surface area contributed by atoms with Crippen LogP contribution in [0.5, 0.6) is 0 Å². The van der Waals surface area contributed by atoms with Crippen molar-refractivity contribution in [2.24, 2.45) is 0 Å². The summed E-state index contributed by atoms with van der Waals surface area (Å²) in [6, 6.07) is -2.20. The number of hydrogen-bond donors (Lipinski definition) is 4. The first-order valence-electron chi connectivity index (χ1n) is 5.81. The van der Waals surface area contributed by atoms with Crippen LogP contribution in [0, 0.1) is 11.1 Å². The van der Waals surface area contributed by atoms with Crippen LogP contribution in [-0.2, 0) is 28.7 Å². The van der Waals surface area contributed by atoms with E-state index in [-0.39, 0.29) is 0 Å². The van der Waals surface area contributed by atoms with E-state index < -0.39 is 49.1 Å². The van der Waals surface area contributed by atoms with Gasteiger partial charge in [-0.15, -0.1) is 0 Å². The monoisotopic (exact) mass is 312 g/mol. The third-order valence-electron chi connectivity index (χ3n) is 2.39. The van der Waals surface area contributed by atoms with Gasteiger partial charge in [0.1, 0.15) is 25.3 Å². The van der Waals surface area contributed by atoms with Crippen molar-refractivity contribution >= 4 is 36.2 Å². The summed E-state index contributed by atoms with van der Waals surface area (Å²) >= 11 is 0. The topological polar surface area (TPSA) is 187 Å². The van der Waals surface area contributed by atoms with Gasteiger partial charge in [0.25, 0.3) is 0 Å². The maximum absolute atomic E-state index is 11.7. The van der Waals surface area contributed by atoms with E-state index in [1.165, 1.54) is 0 Å². The quantitative estimate of drug-likeness (QED) is 0.172. The van der Waals surface area contributed by atoms with Gasteiger partial charge in [-0.05, 0) is 0 Å². The minimum absolute atomic E-state index is 0.430. The fraction of sp³-hybridized carbons (Fsp3) is 0.400. The average Bonchev–Trinajstić information content (AvgIpc) is 2.47. The molecule has 1 fully saturated rings. The van der Waals surface area contributed by atoms with Gasteiger partial charge in [0.2, 0.25) is 11.8 Å². The van der Waals surface area contributed by atoms with Crippen LogP contribution < -0.4 is 10.6 Å². The normalized spacial score (nSPS) is 19.6. The first kappa shape index (κ1) is 16.7. The second kappa shape index (κ2) is 8.04. The van der Waals surface area contributed by atoms with Crippen molar-refractivity contribution in [3.63, 3.8) is 0 Å². The van der Waals surface area contributed by atoms with Gasteiger partial charge in [-0.2, -0.15) is 0 Å². The Balaban J connectivity index is 2.50. The highest BCUT2D eigenvalue weighted by atomic mass is 16.5. The lowest BCUT2D eigenvalue weighted by atomic mass is 10.1. The molecule has 4 N–H and O–H groups in total. The Labute approximate surface area is 122 Å². The van der Waals surface area contributed by atoms with Gasteiger partial charge in [0.15, 0.2) is 0 Å². The van der Waals surface area contributed by atoms with Crippen LogP contribution in [-0.4, -0.2) is 71.1 Å². The zero-order valence-corrected chi connectivity index (χ0v) is 11.1. The summed E-state index contributed by atoms with van der Waals surface area (Å²) < 4.78 is 9.20. The van der Waals surface area contributed by atoms with Crippen molar-refractivity contribution in [3.8, 4) is 0 Å². The van der Waals surface area contributed by atoms with Crippen molar-refractivity contribution in [2.75, 3.05) is 13.2 Å². The third-order valence-corrected chi connectivity index (χ3v) is 2.39. The van der Waals surface area contributed by atoms with Crippen LogP contribution in [0.3, 0.4) is 0 Å². The molecule has 0 aromatic carbocycles. The molecule has 0 radical (unpaired) electrons. The fourth-order valence-electron chi connectivity index (χ4n) is 1.42. The van der Waals surface area contributed by atoms with E-state index in [1.807, 2.05) is 0 Å². The minimum Gasteiger partial charge on any atom is -0.454 e. The first-order chi connectivity index (χ1) is 10.5. The fourth-order valence-corrected chi connectivity index (χ4v) is 1.42. The average molecular weight is 312 g/mol. The molecule has 1 heterocycles. The largest absolute Gasteiger partial charge is 0.454 e. The molecule has 12 heteroatoms. The third kappa shape index (κ3) is 4.96. The van der Waals surface area contributed by atoms with Crippen molar-refractivity contribution in [2.45, 2.75) is 12.1 Å². The summed E-state index contributed by atoms with van der Waals surface area (Å²) in [6.45, 7) is -0.860. The summed E-state index contributed by atoms with van der Waals surface area (Å²) in [4.78, 5) is 50.7. The van der Waals surface area contributed by atoms with Crippen LogP contribution in [0.1, 0.15) is 0 Å². The molecule has 12 nitrogen and oxygen atoms in total. The number of carbonyl (C=O) groups is 4. The summed E-state index contributed by atoms with van der Waals surface area (Å²) in [6.07, 6.45) is 1.19. The van der Waals surface area contributed by atoms with Crippen LogP contribution >= 0.6 is 0 Å². The van der Waals surface area contributed by atoms with Crippen LogP contribution in [0.2, 0.25) is 0 Å². The first-order valence-corrected chi connectivity index (χ1v) is 5.81. The number of nitrogens with zero attached hydrogens (tertiary/aromatic N) is 2. The number of amides is 2. The molecule has 1 saturated heterocycles. The predicted molar refractivity (Wildman–Crippen MR) is 63.9 cm³/mol. The molecule has 0 aliphatic carbocycles. The minimum atomic E-state index is -1.10. The zero-order chi connectivity index (χ0) is 16.5. The molecule has 0 saturated carbocycles. The molecule has 0 aromatic rings. The van der Waals surface area contributed by atoms with Gasteiger partial charge in [-0.25, -0.2) is 9.59 Å². The molecular formula is C10H12N6O6+2. The summed E-state index contributed by atoms with van der Waals surface area (Å²) in [5.41, 5.74) is 12.8. The molecule has 0 aromatic heterocycles. The number of esters is 2. The highest BCUT2D eigenvalue weighted by Crippen LogP contribution is 1.99. The lowest BCUT2D eigenvalue weighted by Crippen LogP contribution is -2.64. The number of nitrogens with one attached hydrogen (secondary N) is 4. The van der Waals surface area contributed by atoms with E-state index in [4.69, 9.17) is 11.1 Å². The van der Waals surface area contributed by atoms with Crippen LogP contribution in [0.15, 0.2) is 0 Å². The Bertz CT molecular complexity index is 539. The molecule has 1 aliphatic heterocycles. The van der Waals surface area contributed by atoms with E-state index in [0.717, 1.165) is 0 Å². The molecule has 1 rings (SSSR count). The van der Waals surface area contributed by atoms with Gasteiger partial charge in [-0.3, -0.25) is 9.59 Å². The van der Waals surface area contributed by atoms with Crippen molar-refractivity contribution < 1.29 is 38.2 Å². The van der Waals surface area contributed by atoms with Gasteiger partial charge in [0.05, 0.1) is 20.6 Å². The van der Waals surface area contributed by atoms with E-state index in [2.05, 4.69) is 29.7 Å². The molecule has 2 unspecified atom stereocenters. The lowest BCUT2D eigenvalue weighted by Gasteiger charge is -2.28. The van der Waals surface area contributed by atoms with E-state index in [1.54, 1.807) is 0 Å². The molecule has 0 spiro atoms. The maximum Gasteiger partial charge on any atom is 0.418 e. The SMILES string of the molecule is N=[N+]=CC(=O)OCC1NC(=O)C(COC(=O)C=[N+]=N)NC1=O. The molecule has 1 aliphatic rings. The van der Waals surface area contributed by atoms with E-state index >= 15 is 0 Å². The number of hydrogen-bond acceptors (Lipinski definition) is 8. The Morgan fingerprint density at radius 1 is 0.955 bits per heavy atom. The van der Waals surface area contributed by atoms with Gasteiger partial charge < -0.3 is 20.1 Å². The zero-order valence-electron chi connectivity index (χ0n) is 11.1. The second-order valence-electron chi connectivity index (χ2n) is 3.90. The Hall–Kier alpha value is -3.36. The van der Waals surface area contributed by atoms with Crippen LogP contribution in [0.4, 0.5) is 0 Å². The maximum atomic E-state index is 11.7. The van der Waals surface area contributed by atoms with Gasteiger partial charge >= 0.3 is 24.4 Å². The number of carbonyl (C=O) groups excluding carboxylic acids is 4. The number of piperazine rings is 1. The Morgan fingerprint density at radius 3 is 1.64 bits per heavy atom. The Kier molecular flexibility index (Phi) is 6.10. The Morgan fingerprint density at radius 2 is 1.32 bits per heavy atom. The number of ether oxygens (including phenoxy) is 2. The van der Waals surface area contributed by atoms with Crippen molar-refractivity contribution in [1.82, 2.24) is 10.6 Å². The molecule has 2 atom stereocenters. The second-order valence-corrected chi connectivity index (χ2v) is 3.90. The van der Waals surface area contributed by atoms with E-state index in [0.29, 0.717) is 12.4 Å². The van der Waals surface area contributed by atoms with Crippen molar-refractivity contribution in [3.05, 3.63) is 0 Å².